The predicted molar refractivity (Wildman–Crippen MR) is 86.1 cm³/mol. The lowest BCUT2D eigenvalue weighted by Gasteiger charge is -2.22. The quantitative estimate of drug-likeness (QED) is 0.829. The first-order valence-corrected chi connectivity index (χ1v) is 7.12. The first-order valence-electron chi connectivity index (χ1n) is 7.12. The molecule has 1 aromatic heterocycles. The summed E-state index contributed by atoms with van der Waals surface area (Å²) in [5.41, 5.74) is 4.24. The van der Waals surface area contributed by atoms with Gasteiger partial charge >= 0.3 is 0 Å². The Morgan fingerprint density at radius 1 is 0.952 bits per heavy atom. The fourth-order valence-electron chi connectivity index (χ4n) is 2.29. The zero-order valence-corrected chi connectivity index (χ0v) is 13.7. The lowest BCUT2D eigenvalue weighted by molar-refractivity contribution is 0.131. The molecule has 0 atom stereocenters. The summed E-state index contributed by atoms with van der Waals surface area (Å²) in [6, 6.07) is 10.1. The highest BCUT2D eigenvalue weighted by molar-refractivity contribution is 5.70. The Hall–Kier alpha value is -2.03. The first kappa shape index (κ1) is 15.4. The van der Waals surface area contributed by atoms with Crippen LogP contribution >= 0.6 is 0 Å². The second-order valence-corrected chi connectivity index (χ2v) is 6.18. The summed E-state index contributed by atoms with van der Waals surface area (Å²) in [4.78, 5) is 4.44. The van der Waals surface area contributed by atoms with Gasteiger partial charge in [0.2, 0.25) is 5.88 Å². The van der Waals surface area contributed by atoms with Gasteiger partial charge in [-0.2, -0.15) is 0 Å². The Balaban J connectivity index is 2.37. The van der Waals surface area contributed by atoms with Crippen molar-refractivity contribution in [2.45, 2.75) is 40.2 Å². The molecule has 0 spiro atoms. The van der Waals surface area contributed by atoms with Crippen molar-refractivity contribution in [3.63, 3.8) is 0 Å². The van der Waals surface area contributed by atoms with Crippen LogP contribution in [0.15, 0.2) is 30.3 Å². The van der Waals surface area contributed by atoms with Crippen LogP contribution in [0.25, 0.3) is 11.1 Å². The van der Waals surface area contributed by atoms with Gasteiger partial charge in [0.15, 0.2) is 0 Å². The van der Waals surface area contributed by atoms with Crippen molar-refractivity contribution in [3.8, 4) is 22.8 Å². The highest BCUT2D eigenvalue weighted by Gasteiger charge is 2.13. The molecule has 0 aliphatic carbocycles. The van der Waals surface area contributed by atoms with Crippen LogP contribution in [0.5, 0.6) is 11.6 Å². The molecule has 2 aromatic rings. The smallest absolute Gasteiger partial charge is 0.213 e. The summed E-state index contributed by atoms with van der Waals surface area (Å²) in [5.74, 6) is 1.53. The minimum atomic E-state index is -0.189. The Morgan fingerprint density at radius 2 is 1.62 bits per heavy atom. The van der Waals surface area contributed by atoms with Crippen LogP contribution < -0.4 is 9.47 Å². The van der Waals surface area contributed by atoms with Crippen LogP contribution in [0.1, 0.15) is 32.0 Å². The fraction of sp³-hybridized carbons (Fsp3) is 0.389. The van der Waals surface area contributed by atoms with E-state index >= 15 is 0 Å². The van der Waals surface area contributed by atoms with E-state index in [0.29, 0.717) is 5.88 Å². The molecule has 0 amide bonds. The molecule has 0 fully saturated rings. The average molecular weight is 285 g/mol. The molecule has 3 heteroatoms. The standard InChI is InChI=1S/C18H23NO2/c1-12-11-14(21-18(3,4)5)7-8-15(12)16-9-10-17(20-6)19-13(16)2/h7-11H,1-6H3. The summed E-state index contributed by atoms with van der Waals surface area (Å²) in [6.07, 6.45) is 0. The summed E-state index contributed by atoms with van der Waals surface area (Å²) in [6.45, 7) is 10.2. The van der Waals surface area contributed by atoms with Gasteiger partial charge in [-0.1, -0.05) is 6.07 Å². The Labute approximate surface area is 126 Å². The molecule has 1 aromatic carbocycles. The number of pyridine rings is 1. The van der Waals surface area contributed by atoms with Gasteiger partial charge in [0, 0.05) is 17.3 Å². The predicted octanol–water partition coefficient (Wildman–Crippen LogP) is 4.55. The highest BCUT2D eigenvalue weighted by Crippen LogP contribution is 2.30. The molecule has 2 rings (SSSR count). The van der Waals surface area contributed by atoms with Crippen molar-refractivity contribution < 1.29 is 9.47 Å². The molecule has 0 aliphatic heterocycles. The lowest BCUT2D eigenvalue weighted by atomic mass is 9.99. The van der Waals surface area contributed by atoms with E-state index < -0.39 is 0 Å². The molecular formula is C18H23NO2. The van der Waals surface area contributed by atoms with Gasteiger partial charge in [-0.3, -0.25) is 0 Å². The fourth-order valence-corrected chi connectivity index (χ4v) is 2.29. The number of methoxy groups -OCH3 is 1. The average Bonchev–Trinajstić information content (AvgIpc) is 2.37. The summed E-state index contributed by atoms with van der Waals surface area (Å²) in [5, 5.41) is 0. The number of benzene rings is 1. The second-order valence-electron chi connectivity index (χ2n) is 6.18. The van der Waals surface area contributed by atoms with E-state index in [2.05, 4.69) is 24.0 Å². The third-order valence-corrected chi connectivity index (χ3v) is 3.18. The van der Waals surface area contributed by atoms with E-state index in [1.165, 1.54) is 11.1 Å². The molecule has 0 unspecified atom stereocenters. The monoisotopic (exact) mass is 285 g/mol. The zero-order valence-electron chi connectivity index (χ0n) is 13.7. The van der Waals surface area contributed by atoms with Crippen molar-refractivity contribution in [1.82, 2.24) is 4.98 Å². The highest BCUT2D eigenvalue weighted by atomic mass is 16.5. The van der Waals surface area contributed by atoms with Gasteiger partial charge in [0.25, 0.3) is 0 Å². The maximum Gasteiger partial charge on any atom is 0.213 e. The normalized spacial score (nSPS) is 11.3. The number of nitrogens with zero attached hydrogens (tertiary/aromatic N) is 1. The van der Waals surface area contributed by atoms with Crippen molar-refractivity contribution in [3.05, 3.63) is 41.6 Å². The van der Waals surface area contributed by atoms with Gasteiger partial charge in [0.05, 0.1) is 7.11 Å². The van der Waals surface area contributed by atoms with E-state index in [1.54, 1.807) is 7.11 Å². The lowest BCUT2D eigenvalue weighted by Crippen LogP contribution is -2.22. The summed E-state index contributed by atoms with van der Waals surface area (Å²) >= 11 is 0. The van der Waals surface area contributed by atoms with Crippen molar-refractivity contribution in [2.75, 3.05) is 7.11 Å². The molecule has 0 aliphatic rings. The number of aromatic nitrogens is 1. The SMILES string of the molecule is COc1ccc(-c2ccc(OC(C)(C)C)cc2C)c(C)n1. The Bertz CT molecular complexity index is 642. The third-order valence-electron chi connectivity index (χ3n) is 3.18. The van der Waals surface area contributed by atoms with Crippen LogP contribution in [0.3, 0.4) is 0 Å². The third kappa shape index (κ3) is 3.75. The number of ether oxygens (including phenoxy) is 2. The maximum atomic E-state index is 5.90. The molecule has 0 saturated carbocycles. The Morgan fingerprint density at radius 3 is 2.14 bits per heavy atom. The van der Waals surface area contributed by atoms with Gasteiger partial charge in [-0.25, -0.2) is 4.98 Å². The molecular weight excluding hydrogens is 262 g/mol. The number of hydrogen-bond donors (Lipinski definition) is 0. The summed E-state index contributed by atoms with van der Waals surface area (Å²) in [7, 11) is 1.63. The molecule has 0 bridgehead atoms. The maximum absolute atomic E-state index is 5.90. The van der Waals surface area contributed by atoms with Gasteiger partial charge in [0.1, 0.15) is 11.4 Å². The van der Waals surface area contributed by atoms with Crippen LogP contribution in [0, 0.1) is 13.8 Å². The van der Waals surface area contributed by atoms with Gasteiger partial charge in [-0.15, -0.1) is 0 Å². The van der Waals surface area contributed by atoms with E-state index in [4.69, 9.17) is 9.47 Å². The molecule has 0 radical (unpaired) electrons. The molecule has 21 heavy (non-hydrogen) atoms. The van der Waals surface area contributed by atoms with E-state index in [1.807, 2.05) is 45.9 Å². The molecule has 0 N–H and O–H groups in total. The molecule has 3 nitrogen and oxygen atoms in total. The van der Waals surface area contributed by atoms with E-state index in [9.17, 15) is 0 Å². The van der Waals surface area contributed by atoms with Gasteiger partial charge < -0.3 is 9.47 Å². The van der Waals surface area contributed by atoms with E-state index in [-0.39, 0.29) is 5.60 Å². The summed E-state index contributed by atoms with van der Waals surface area (Å²) < 4.78 is 11.1. The number of aryl methyl sites for hydroxylation is 2. The van der Waals surface area contributed by atoms with Crippen molar-refractivity contribution >= 4 is 0 Å². The van der Waals surface area contributed by atoms with Gasteiger partial charge in [-0.05, 0) is 63.9 Å². The largest absolute Gasteiger partial charge is 0.488 e. The van der Waals surface area contributed by atoms with E-state index in [0.717, 1.165) is 17.0 Å². The second kappa shape index (κ2) is 5.76. The minimum Gasteiger partial charge on any atom is -0.488 e. The van der Waals surface area contributed by atoms with Crippen LogP contribution in [0.2, 0.25) is 0 Å². The zero-order chi connectivity index (χ0) is 15.6. The topological polar surface area (TPSA) is 31.4 Å². The number of hydrogen-bond acceptors (Lipinski definition) is 3. The van der Waals surface area contributed by atoms with Crippen LogP contribution in [0.4, 0.5) is 0 Å². The van der Waals surface area contributed by atoms with Crippen LogP contribution in [-0.4, -0.2) is 17.7 Å². The first-order chi connectivity index (χ1) is 9.80. The van der Waals surface area contributed by atoms with Crippen LogP contribution in [-0.2, 0) is 0 Å². The molecule has 1 heterocycles. The van der Waals surface area contributed by atoms with Crippen molar-refractivity contribution in [1.29, 1.82) is 0 Å². The van der Waals surface area contributed by atoms with Crippen molar-refractivity contribution in [2.24, 2.45) is 0 Å². The molecule has 112 valence electrons. The Kier molecular flexibility index (Phi) is 4.21. The minimum absolute atomic E-state index is 0.189. The number of rotatable bonds is 3. The molecule has 0 saturated heterocycles.